The molecule has 1 saturated heterocycles. The summed E-state index contributed by atoms with van der Waals surface area (Å²) in [6.45, 7) is 0.864. The molecule has 1 unspecified atom stereocenters. The molecule has 0 bridgehead atoms. The molecule has 2 rings (SSSR count). The van der Waals surface area contributed by atoms with E-state index >= 15 is 0 Å². The van der Waals surface area contributed by atoms with Gasteiger partial charge in [-0.1, -0.05) is 12.1 Å². The minimum absolute atomic E-state index is 0.154. The van der Waals surface area contributed by atoms with Gasteiger partial charge in [0.2, 0.25) is 15.9 Å². The number of rotatable bonds is 5. The van der Waals surface area contributed by atoms with Crippen LogP contribution in [0.15, 0.2) is 24.3 Å². The van der Waals surface area contributed by atoms with Crippen molar-refractivity contribution in [2.24, 2.45) is 0 Å². The van der Waals surface area contributed by atoms with Gasteiger partial charge < -0.3 is 9.64 Å². The van der Waals surface area contributed by atoms with Crippen LogP contribution >= 0.6 is 0 Å². The van der Waals surface area contributed by atoms with Gasteiger partial charge in [-0.3, -0.25) is 4.79 Å². The fourth-order valence-electron chi connectivity index (χ4n) is 2.72. The van der Waals surface area contributed by atoms with Gasteiger partial charge in [-0.05, 0) is 30.5 Å². The summed E-state index contributed by atoms with van der Waals surface area (Å²) in [5, 5.41) is 0. The van der Waals surface area contributed by atoms with Gasteiger partial charge >= 0.3 is 0 Å². The van der Waals surface area contributed by atoms with E-state index in [1.54, 1.807) is 19.1 Å². The van der Waals surface area contributed by atoms with Gasteiger partial charge in [0.1, 0.15) is 11.8 Å². The van der Waals surface area contributed by atoms with Crippen LogP contribution in [-0.4, -0.2) is 56.5 Å². The van der Waals surface area contributed by atoms with Crippen molar-refractivity contribution in [2.75, 3.05) is 27.0 Å². The molecule has 1 heterocycles. The molecule has 0 aliphatic carbocycles. The number of nitrogens with zero attached hydrogens (tertiary/aromatic N) is 2. The molecule has 1 aromatic carbocycles. The second-order valence-corrected chi connectivity index (χ2v) is 7.51. The van der Waals surface area contributed by atoms with Crippen LogP contribution in [0.5, 0.6) is 5.75 Å². The van der Waals surface area contributed by atoms with Gasteiger partial charge in [0.05, 0.1) is 13.4 Å². The van der Waals surface area contributed by atoms with Crippen molar-refractivity contribution in [3.8, 4) is 5.75 Å². The number of methoxy groups -OCH3 is 1. The molecule has 22 heavy (non-hydrogen) atoms. The van der Waals surface area contributed by atoms with Crippen molar-refractivity contribution >= 4 is 15.9 Å². The predicted molar refractivity (Wildman–Crippen MR) is 84.0 cm³/mol. The van der Waals surface area contributed by atoms with E-state index in [9.17, 15) is 13.2 Å². The molecule has 7 heteroatoms. The zero-order valence-electron chi connectivity index (χ0n) is 13.2. The maximum atomic E-state index is 12.5. The molecule has 0 saturated carbocycles. The monoisotopic (exact) mass is 326 g/mol. The topological polar surface area (TPSA) is 66.9 Å². The van der Waals surface area contributed by atoms with E-state index in [1.165, 1.54) is 4.31 Å². The number of hydrogen-bond donors (Lipinski definition) is 0. The minimum atomic E-state index is -3.34. The van der Waals surface area contributed by atoms with Crippen LogP contribution in [0.2, 0.25) is 0 Å². The average Bonchev–Trinajstić information content (AvgIpc) is 2.96. The molecule has 1 amide bonds. The fraction of sp³-hybridized carbons (Fsp3) is 0.533. The van der Waals surface area contributed by atoms with Crippen molar-refractivity contribution in [1.82, 2.24) is 9.21 Å². The Kier molecular flexibility index (Phi) is 5.08. The highest BCUT2D eigenvalue weighted by Crippen LogP contribution is 2.22. The quantitative estimate of drug-likeness (QED) is 0.812. The van der Waals surface area contributed by atoms with E-state index in [0.717, 1.165) is 24.0 Å². The number of benzene rings is 1. The first-order valence-electron chi connectivity index (χ1n) is 7.17. The molecule has 122 valence electrons. The molecular weight excluding hydrogens is 304 g/mol. The first-order valence-corrected chi connectivity index (χ1v) is 9.02. The molecule has 6 nitrogen and oxygen atoms in total. The maximum absolute atomic E-state index is 12.5. The van der Waals surface area contributed by atoms with Crippen molar-refractivity contribution in [2.45, 2.75) is 25.4 Å². The van der Waals surface area contributed by atoms with Gasteiger partial charge in [0.25, 0.3) is 0 Å². The number of amides is 1. The van der Waals surface area contributed by atoms with E-state index in [4.69, 9.17) is 4.74 Å². The predicted octanol–water partition coefficient (Wildman–Crippen LogP) is 1.08. The third kappa shape index (κ3) is 3.78. The lowest BCUT2D eigenvalue weighted by molar-refractivity contribution is -0.133. The lowest BCUT2D eigenvalue weighted by Crippen LogP contribution is -2.45. The minimum Gasteiger partial charge on any atom is -0.497 e. The van der Waals surface area contributed by atoms with Crippen LogP contribution in [0.3, 0.4) is 0 Å². The van der Waals surface area contributed by atoms with Crippen molar-refractivity contribution < 1.29 is 17.9 Å². The number of ether oxygens (including phenoxy) is 1. The van der Waals surface area contributed by atoms with Crippen LogP contribution < -0.4 is 4.74 Å². The summed E-state index contributed by atoms with van der Waals surface area (Å²) in [5.41, 5.74) is 0.973. The highest BCUT2D eigenvalue weighted by molar-refractivity contribution is 7.88. The Bertz CT molecular complexity index is 627. The van der Waals surface area contributed by atoms with Crippen molar-refractivity contribution in [1.29, 1.82) is 0 Å². The highest BCUT2D eigenvalue weighted by atomic mass is 32.2. The largest absolute Gasteiger partial charge is 0.497 e. The molecule has 0 aromatic heterocycles. The third-order valence-corrected chi connectivity index (χ3v) is 5.16. The number of carbonyl (C=O) groups is 1. The van der Waals surface area contributed by atoms with E-state index in [1.807, 2.05) is 24.3 Å². The normalized spacial score (nSPS) is 19.1. The summed E-state index contributed by atoms with van der Waals surface area (Å²) >= 11 is 0. The Morgan fingerprint density at radius 2 is 2.00 bits per heavy atom. The molecule has 1 aliphatic heterocycles. The molecule has 1 aliphatic rings. The lowest BCUT2D eigenvalue weighted by Gasteiger charge is -2.26. The third-order valence-electron chi connectivity index (χ3n) is 3.87. The van der Waals surface area contributed by atoms with Crippen molar-refractivity contribution in [3.05, 3.63) is 29.8 Å². The van der Waals surface area contributed by atoms with Gasteiger partial charge in [-0.25, -0.2) is 8.42 Å². The molecule has 0 radical (unpaired) electrons. The molecule has 1 aromatic rings. The lowest BCUT2D eigenvalue weighted by atomic mass is 10.1. The number of sulfonamides is 1. The summed E-state index contributed by atoms with van der Waals surface area (Å²) in [5.74, 6) is 0.607. The summed E-state index contributed by atoms with van der Waals surface area (Å²) in [4.78, 5) is 14.1. The molecule has 1 fully saturated rings. The molecule has 0 N–H and O–H groups in total. The van der Waals surface area contributed by atoms with E-state index < -0.39 is 16.1 Å². The Morgan fingerprint density at radius 3 is 2.55 bits per heavy atom. The summed E-state index contributed by atoms with van der Waals surface area (Å²) in [6.07, 6.45) is 2.46. The fourth-order valence-corrected chi connectivity index (χ4v) is 3.84. The summed E-state index contributed by atoms with van der Waals surface area (Å²) in [6, 6.07) is 6.90. The molecular formula is C15H22N2O4S. The number of likely N-dealkylation sites (N-methyl/N-ethyl adjacent to an activating group) is 1. The van der Waals surface area contributed by atoms with Gasteiger partial charge in [0, 0.05) is 20.1 Å². The molecule has 0 spiro atoms. The van der Waals surface area contributed by atoms with E-state index in [0.29, 0.717) is 19.5 Å². The highest BCUT2D eigenvalue weighted by Gasteiger charge is 2.37. The van der Waals surface area contributed by atoms with Gasteiger partial charge in [-0.2, -0.15) is 4.31 Å². The molecule has 1 atom stereocenters. The average molecular weight is 326 g/mol. The SMILES string of the molecule is COc1ccc(CN(C)C(=O)C2CCCN2S(C)(=O)=O)cc1. The van der Waals surface area contributed by atoms with Crippen LogP contribution in [0.4, 0.5) is 0 Å². The maximum Gasteiger partial charge on any atom is 0.241 e. The first-order chi connectivity index (χ1) is 10.3. The van der Waals surface area contributed by atoms with Gasteiger partial charge in [-0.15, -0.1) is 0 Å². The Morgan fingerprint density at radius 1 is 1.36 bits per heavy atom. The standard InChI is InChI=1S/C15H22N2O4S/c1-16(11-12-6-8-13(21-2)9-7-12)15(18)14-5-4-10-17(14)22(3,19)20/h6-9,14H,4-5,10-11H2,1-3H3. The summed E-state index contributed by atoms with van der Waals surface area (Å²) < 4.78 is 29.9. The second kappa shape index (κ2) is 6.66. The first kappa shape index (κ1) is 16.8. The zero-order valence-corrected chi connectivity index (χ0v) is 14.0. The van der Waals surface area contributed by atoms with Gasteiger partial charge in [0.15, 0.2) is 0 Å². The Balaban J connectivity index is 2.05. The zero-order chi connectivity index (χ0) is 16.3. The number of hydrogen-bond acceptors (Lipinski definition) is 4. The Hall–Kier alpha value is -1.60. The van der Waals surface area contributed by atoms with Crippen LogP contribution in [0.1, 0.15) is 18.4 Å². The smallest absolute Gasteiger partial charge is 0.241 e. The van der Waals surface area contributed by atoms with Crippen LogP contribution in [0, 0.1) is 0 Å². The number of carbonyl (C=O) groups excluding carboxylic acids is 1. The van der Waals surface area contributed by atoms with Crippen molar-refractivity contribution in [3.63, 3.8) is 0 Å². The second-order valence-electron chi connectivity index (χ2n) is 5.57. The Labute approximate surface area is 131 Å². The van der Waals surface area contributed by atoms with E-state index in [2.05, 4.69) is 0 Å². The van der Waals surface area contributed by atoms with Crippen LogP contribution in [-0.2, 0) is 21.4 Å². The van der Waals surface area contributed by atoms with Crippen LogP contribution in [0.25, 0.3) is 0 Å². The summed E-state index contributed by atoms with van der Waals surface area (Å²) in [7, 11) is -0.0414. The van der Waals surface area contributed by atoms with E-state index in [-0.39, 0.29) is 5.91 Å².